The summed E-state index contributed by atoms with van der Waals surface area (Å²) in [5.74, 6) is 1.37. The van der Waals surface area contributed by atoms with Crippen molar-refractivity contribution in [3.63, 3.8) is 0 Å². The lowest BCUT2D eigenvalue weighted by molar-refractivity contribution is 0.249. The van der Waals surface area contributed by atoms with E-state index in [-0.39, 0.29) is 6.03 Å². The molecule has 6 nitrogen and oxygen atoms in total. The molecule has 3 aromatic carbocycles. The van der Waals surface area contributed by atoms with Gasteiger partial charge in [0.2, 0.25) is 0 Å². The zero-order chi connectivity index (χ0) is 25.7. The molecule has 0 spiro atoms. The first-order valence-corrected chi connectivity index (χ1v) is 13.3. The van der Waals surface area contributed by atoms with Gasteiger partial charge >= 0.3 is 6.03 Å². The minimum atomic E-state index is -0.404. The third-order valence-electron chi connectivity index (χ3n) is 5.85. The van der Waals surface area contributed by atoms with Gasteiger partial charge in [0.15, 0.2) is 11.0 Å². The Morgan fingerprint density at radius 1 is 1.03 bits per heavy atom. The number of thioether (sulfide) groups is 1. The number of halogens is 1. The van der Waals surface area contributed by atoms with Crippen molar-refractivity contribution in [2.24, 2.45) is 0 Å². The largest absolute Gasteiger partial charge is 0.328 e. The molecule has 0 aliphatic rings. The molecular weight excluding hydrogens is 490 g/mol. The van der Waals surface area contributed by atoms with Crippen LogP contribution < -0.4 is 10.6 Å². The highest BCUT2D eigenvalue weighted by atomic mass is 35.5. The maximum Gasteiger partial charge on any atom is 0.319 e. The van der Waals surface area contributed by atoms with Crippen LogP contribution in [0.25, 0.3) is 5.69 Å². The fraction of sp³-hybridized carbons (Fsp3) is 0.250. The smallest absolute Gasteiger partial charge is 0.319 e. The Kier molecular flexibility index (Phi) is 8.33. The van der Waals surface area contributed by atoms with E-state index in [0.29, 0.717) is 10.8 Å². The van der Waals surface area contributed by atoms with Crippen LogP contribution in [0.5, 0.6) is 0 Å². The van der Waals surface area contributed by atoms with Crippen molar-refractivity contribution in [2.45, 2.75) is 51.1 Å². The van der Waals surface area contributed by atoms with E-state index >= 15 is 0 Å². The Morgan fingerprint density at radius 3 is 2.58 bits per heavy atom. The van der Waals surface area contributed by atoms with E-state index in [2.05, 4.69) is 58.9 Å². The predicted molar refractivity (Wildman–Crippen MR) is 148 cm³/mol. The maximum absolute atomic E-state index is 12.8. The molecule has 4 aromatic rings. The van der Waals surface area contributed by atoms with Crippen LogP contribution in [0.3, 0.4) is 0 Å². The quantitative estimate of drug-likeness (QED) is 0.240. The number of aryl methyl sites for hydroxylation is 3. The van der Waals surface area contributed by atoms with Gasteiger partial charge in [-0.25, -0.2) is 4.79 Å². The van der Waals surface area contributed by atoms with Crippen LogP contribution in [0.2, 0.25) is 5.02 Å². The lowest BCUT2D eigenvalue weighted by atomic mass is 10.1. The first-order chi connectivity index (χ1) is 17.3. The number of hydrogen-bond acceptors (Lipinski definition) is 4. The Morgan fingerprint density at radius 2 is 1.81 bits per heavy atom. The van der Waals surface area contributed by atoms with Gasteiger partial charge in [-0.3, -0.25) is 4.57 Å². The number of carbonyl (C=O) groups excluding carboxylic acids is 1. The third-order valence-corrected chi connectivity index (χ3v) is 7.08. The van der Waals surface area contributed by atoms with Gasteiger partial charge in [0.1, 0.15) is 0 Å². The Labute approximate surface area is 221 Å². The molecule has 0 fully saturated rings. The van der Waals surface area contributed by atoms with Gasteiger partial charge < -0.3 is 10.6 Å². The van der Waals surface area contributed by atoms with E-state index in [0.717, 1.165) is 39.8 Å². The number of nitrogens with one attached hydrogen (secondary N) is 2. The lowest BCUT2D eigenvalue weighted by Crippen LogP contribution is -2.32. The van der Waals surface area contributed by atoms with Gasteiger partial charge in [0, 0.05) is 16.5 Å². The molecule has 0 bridgehead atoms. The lowest BCUT2D eigenvalue weighted by Gasteiger charge is -2.18. The van der Waals surface area contributed by atoms with E-state index in [9.17, 15) is 4.79 Å². The molecular formula is C28H30ClN5OS. The average molecular weight is 520 g/mol. The summed E-state index contributed by atoms with van der Waals surface area (Å²) in [7, 11) is 0. The van der Waals surface area contributed by atoms with Crippen molar-refractivity contribution in [1.29, 1.82) is 0 Å². The monoisotopic (exact) mass is 519 g/mol. The summed E-state index contributed by atoms with van der Waals surface area (Å²) >= 11 is 7.97. The summed E-state index contributed by atoms with van der Waals surface area (Å²) in [5.41, 5.74) is 6.26. The summed E-state index contributed by atoms with van der Waals surface area (Å²) in [6.07, 6.45) is 0.901. The Hall–Kier alpha value is -3.29. The van der Waals surface area contributed by atoms with Crippen molar-refractivity contribution in [1.82, 2.24) is 20.1 Å². The van der Waals surface area contributed by atoms with Crippen LogP contribution in [-0.2, 0) is 12.2 Å². The fourth-order valence-electron chi connectivity index (χ4n) is 3.95. The molecule has 8 heteroatoms. The molecule has 1 aromatic heterocycles. The highest BCUT2D eigenvalue weighted by Crippen LogP contribution is 2.30. The molecule has 186 valence electrons. The number of benzene rings is 3. The van der Waals surface area contributed by atoms with Crippen LogP contribution in [0.15, 0.2) is 71.9 Å². The number of anilines is 1. The van der Waals surface area contributed by atoms with E-state index in [1.54, 1.807) is 11.8 Å². The molecule has 0 aliphatic carbocycles. The fourth-order valence-corrected chi connectivity index (χ4v) is 5.01. The molecule has 1 atom stereocenters. The number of carbonyl (C=O) groups is 1. The van der Waals surface area contributed by atoms with Crippen LogP contribution >= 0.6 is 23.4 Å². The molecule has 1 unspecified atom stereocenters. The first-order valence-electron chi connectivity index (χ1n) is 11.9. The second-order valence-electron chi connectivity index (χ2n) is 8.76. The number of urea groups is 1. The van der Waals surface area contributed by atoms with Crippen molar-refractivity contribution in [3.8, 4) is 5.69 Å². The average Bonchev–Trinajstić information content (AvgIpc) is 3.28. The van der Waals surface area contributed by atoms with Crippen LogP contribution in [0.4, 0.5) is 10.5 Å². The molecule has 0 aliphatic heterocycles. The summed E-state index contributed by atoms with van der Waals surface area (Å²) in [5, 5.41) is 16.3. The first kappa shape index (κ1) is 25.8. The van der Waals surface area contributed by atoms with Gasteiger partial charge in [-0.2, -0.15) is 0 Å². The summed E-state index contributed by atoms with van der Waals surface area (Å²) < 4.78 is 1.99. The van der Waals surface area contributed by atoms with Gasteiger partial charge in [0.05, 0.1) is 11.7 Å². The highest BCUT2D eigenvalue weighted by molar-refractivity contribution is 7.98. The Balaban J connectivity index is 1.60. The van der Waals surface area contributed by atoms with Gasteiger partial charge in [0.25, 0.3) is 0 Å². The minimum absolute atomic E-state index is 0.304. The molecule has 36 heavy (non-hydrogen) atoms. The van der Waals surface area contributed by atoms with E-state index < -0.39 is 6.04 Å². The van der Waals surface area contributed by atoms with E-state index in [1.165, 1.54) is 11.1 Å². The standard InChI is InChI=1S/C28H30ClN5OS/c1-5-21-9-7-11-24(15-21)31-27(35)30-20(4)26-32-33-28(36-17-22-10-6-8-18(2)14-22)34(26)25-16-23(29)13-12-19(25)3/h6-16,20H,5,17H2,1-4H3,(H2,30,31,35). The van der Waals surface area contributed by atoms with E-state index in [1.807, 2.05) is 60.9 Å². The topological polar surface area (TPSA) is 71.8 Å². The highest BCUT2D eigenvalue weighted by Gasteiger charge is 2.22. The van der Waals surface area contributed by atoms with Crippen molar-refractivity contribution < 1.29 is 4.79 Å². The molecule has 2 N–H and O–H groups in total. The van der Waals surface area contributed by atoms with Crippen LogP contribution in [0.1, 0.15) is 48.0 Å². The molecule has 1 heterocycles. The molecule has 2 amide bonds. The maximum atomic E-state index is 12.8. The second-order valence-corrected chi connectivity index (χ2v) is 10.1. The predicted octanol–water partition coefficient (Wildman–Crippen LogP) is 7.27. The number of amides is 2. The minimum Gasteiger partial charge on any atom is -0.328 e. The number of rotatable bonds is 8. The summed E-state index contributed by atoms with van der Waals surface area (Å²) in [4.78, 5) is 12.8. The van der Waals surface area contributed by atoms with Gasteiger partial charge in [-0.1, -0.05) is 78.3 Å². The molecule has 4 rings (SSSR count). The van der Waals surface area contributed by atoms with Gasteiger partial charge in [-0.15, -0.1) is 10.2 Å². The SMILES string of the molecule is CCc1cccc(NC(=O)NC(C)c2nnc(SCc3cccc(C)c3)n2-c2cc(Cl)ccc2C)c1. The number of hydrogen-bond donors (Lipinski definition) is 2. The molecule has 0 saturated carbocycles. The zero-order valence-corrected chi connectivity index (χ0v) is 22.5. The summed E-state index contributed by atoms with van der Waals surface area (Å²) in [6.45, 7) is 8.09. The molecule has 0 saturated heterocycles. The number of aromatic nitrogens is 3. The van der Waals surface area contributed by atoms with Gasteiger partial charge in [-0.05, 0) is 68.1 Å². The zero-order valence-electron chi connectivity index (χ0n) is 20.9. The van der Waals surface area contributed by atoms with Crippen molar-refractivity contribution >= 4 is 35.1 Å². The Bertz CT molecular complexity index is 1370. The van der Waals surface area contributed by atoms with Crippen molar-refractivity contribution in [2.75, 3.05) is 5.32 Å². The molecule has 0 radical (unpaired) electrons. The van der Waals surface area contributed by atoms with E-state index in [4.69, 9.17) is 11.6 Å². The second kappa shape index (κ2) is 11.6. The van der Waals surface area contributed by atoms with Crippen LogP contribution in [-0.4, -0.2) is 20.8 Å². The van der Waals surface area contributed by atoms with Crippen molar-refractivity contribution in [3.05, 3.63) is 99.8 Å². The third kappa shape index (κ3) is 6.28. The normalized spacial score (nSPS) is 11.8. The number of nitrogens with zero attached hydrogens (tertiary/aromatic N) is 3. The van der Waals surface area contributed by atoms with Crippen LogP contribution in [0, 0.1) is 13.8 Å². The summed E-state index contributed by atoms with van der Waals surface area (Å²) in [6, 6.07) is 21.3.